The predicted octanol–water partition coefficient (Wildman–Crippen LogP) is 2.23. The Bertz CT molecular complexity index is 457. The molecule has 0 saturated carbocycles. The van der Waals surface area contributed by atoms with Crippen LogP contribution in [0.5, 0.6) is 0 Å². The monoisotopic (exact) mass is 186 g/mol. The molecule has 0 N–H and O–H groups in total. The fourth-order valence-corrected chi connectivity index (χ4v) is 1.32. The Hall–Kier alpha value is -1.83. The molecule has 2 heteroatoms. The van der Waals surface area contributed by atoms with Gasteiger partial charge in [-0.15, -0.1) is 0 Å². The van der Waals surface area contributed by atoms with Crippen molar-refractivity contribution in [1.29, 1.82) is 0 Å². The third-order valence-corrected chi connectivity index (χ3v) is 1.97. The minimum Gasteiger partial charge on any atom is -0.428 e. The van der Waals surface area contributed by atoms with E-state index in [-0.39, 0.29) is 5.63 Å². The molecule has 2 nitrogen and oxygen atoms in total. The molecule has 0 radical (unpaired) electrons. The summed E-state index contributed by atoms with van der Waals surface area (Å²) in [6.07, 6.45) is 0.664. The summed E-state index contributed by atoms with van der Waals surface area (Å²) in [6, 6.07) is 14.9. The van der Waals surface area contributed by atoms with Gasteiger partial charge in [-0.3, -0.25) is 0 Å². The SMILES string of the molecule is O=c1cccc(Cc2ccccc2)o1. The Morgan fingerprint density at radius 1 is 0.929 bits per heavy atom. The largest absolute Gasteiger partial charge is 0.428 e. The van der Waals surface area contributed by atoms with Gasteiger partial charge in [0, 0.05) is 12.5 Å². The summed E-state index contributed by atoms with van der Waals surface area (Å²) in [7, 11) is 0. The second kappa shape index (κ2) is 3.92. The summed E-state index contributed by atoms with van der Waals surface area (Å²) in [5.41, 5.74) is 0.847. The van der Waals surface area contributed by atoms with Gasteiger partial charge in [0.2, 0.25) is 0 Å². The van der Waals surface area contributed by atoms with E-state index < -0.39 is 0 Å². The summed E-state index contributed by atoms with van der Waals surface area (Å²) in [4.78, 5) is 10.9. The zero-order valence-electron chi connectivity index (χ0n) is 7.64. The van der Waals surface area contributed by atoms with Crippen LogP contribution in [0, 0.1) is 0 Å². The molecule has 0 unspecified atom stereocenters. The van der Waals surface area contributed by atoms with Gasteiger partial charge in [-0.25, -0.2) is 4.79 Å². The molecule has 0 bridgehead atoms. The van der Waals surface area contributed by atoms with Crippen LogP contribution in [-0.2, 0) is 6.42 Å². The van der Waals surface area contributed by atoms with Crippen molar-refractivity contribution in [3.63, 3.8) is 0 Å². The first kappa shape index (κ1) is 8.75. The maximum absolute atomic E-state index is 10.9. The third kappa shape index (κ3) is 2.10. The number of benzene rings is 1. The molecule has 0 saturated heterocycles. The lowest BCUT2D eigenvalue weighted by molar-refractivity contribution is 0.468. The molecule has 2 aromatic rings. The zero-order chi connectivity index (χ0) is 9.80. The first-order valence-electron chi connectivity index (χ1n) is 4.47. The van der Waals surface area contributed by atoms with Crippen LogP contribution in [0.25, 0.3) is 0 Å². The molecular weight excluding hydrogens is 176 g/mol. The highest BCUT2D eigenvalue weighted by Crippen LogP contribution is 2.06. The Morgan fingerprint density at radius 3 is 2.43 bits per heavy atom. The van der Waals surface area contributed by atoms with Gasteiger partial charge in [0.1, 0.15) is 5.76 Å². The Kier molecular flexibility index (Phi) is 2.45. The fourth-order valence-electron chi connectivity index (χ4n) is 1.32. The van der Waals surface area contributed by atoms with E-state index in [0.717, 1.165) is 5.56 Å². The molecule has 0 aliphatic heterocycles. The van der Waals surface area contributed by atoms with Crippen LogP contribution in [0.3, 0.4) is 0 Å². The predicted molar refractivity (Wildman–Crippen MR) is 54.2 cm³/mol. The van der Waals surface area contributed by atoms with Crippen LogP contribution in [0.15, 0.2) is 57.7 Å². The topological polar surface area (TPSA) is 30.2 Å². The molecule has 0 aliphatic carbocycles. The first-order valence-corrected chi connectivity index (χ1v) is 4.47. The average molecular weight is 186 g/mol. The molecule has 0 fully saturated rings. The minimum absolute atomic E-state index is 0.293. The highest BCUT2D eigenvalue weighted by Gasteiger charge is 1.97. The molecule has 14 heavy (non-hydrogen) atoms. The van der Waals surface area contributed by atoms with Crippen molar-refractivity contribution in [3.05, 3.63) is 70.3 Å². The van der Waals surface area contributed by atoms with Crippen molar-refractivity contribution in [3.8, 4) is 0 Å². The highest BCUT2D eigenvalue weighted by atomic mass is 16.4. The summed E-state index contributed by atoms with van der Waals surface area (Å²) in [6.45, 7) is 0. The van der Waals surface area contributed by atoms with E-state index in [0.29, 0.717) is 12.2 Å². The fraction of sp³-hybridized carbons (Fsp3) is 0.0833. The molecule has 0 amide bonds. The molecule has 1 heterocycles. The third-order valence-electron chi connectivity index (χ3n) is 1.97. The molecule has 1 aromatic carbocycles. The minimum atomic E-state index is -0.293. The van der Waals surface area contributed by atoms with Crippen LogP contribution in [0.4, 0.5) is 0 Å². The average Bonchev–Trinajstić information content (AvgIpc) is 2.19. The van der Waals surface area contributed by atoms with Crippen LogP contribution in [-0.4, -0.2) is 0 Å². The molecular formula is C12H10O2. The van der Waals surface area contributed by atoms with Crippen LogP contribution in [0.2, 0.25) is 0 Å². The van der Waals surface area contributed by atoms with Crippen molar-refractivity contribution in [2.75, 3.05) is 0 Å². The number of hydrogen-bond acceptors (Lipinski definition) is 2. The molecule has 70 valence electrons. The molecule has 0 atom stereocenters. The van der Waals surface area contributed by atoms with E-state index in [1.165, 1.54) is 6.07 Å². The van der Waals surface area contributed by atoms with Gasteiger partial charge in [-0.1, -0.05) is 36.4 Å². The lowest BCUT2D eigenvalue weighted by Gasteiger charge is -1.98. The van der Waals surface area contributed by atoms with Crippen LogP contribution in [0.1, 0.15) is 11.3 Å². The van der Waals surface area contributed by atoms with Crippen molar-refractivity contribution < 1.29 is 4.42 Å². The number of hydrogen-bond donors (Lipinski definition) is 0. The van der Waals surface area contributed by atoms with Crippen molar-refractivity contribution >= 4 is 0 Å². The Morgan fingerprint density at radius 2 is 1.71 bits per heavy atom. The van der Waals surface area contributed by atoms with Gasteiger partial charge in [0.25, 0.3) is 0 Å². The molecule has 0 aliphatic rings. The van der Waals surface area contributed by atoms with Crippen molar-refractivity contribution in [2.45, 2.75) is 6.42 Å². The summed E-state index contributed by atoms with van der Waals surface area (Å²) < 4.78 is 5.03. The standard InChI is InChI=1S/C12H10O2/c13-12-8-4-7-11(14-12)9-10-5-2-1-3-6-10/h1-8H,9H2. The second-order valence-corrected chi connectivity index (χ2v) is 3.08. The van der Waals surface area contributed by atoms with E-state index in [9.17, 15) is 4.79 Å². The van der Waals surface area contributed by atoms with E-state index in [4.69, 9.17) is 4.42 Å². The van der Waals surface area contributed by atoms with Gasteiger partial charge in [0.15, 0.2) is 0 Å². The van der Waals surface area contributed by atoms with Crippen molar-refractivity contribution in [1.82, 2.24) is 0 Å². The first-order chi connectivity index (χ1) is 6.84. The summed E-state index contributed by atoms with van der Waals surface area (Å²) in [5, 5.41) is 0. The van der Waals surface area contributed by atoms with Gasteiger partial charge in [-0.2, -0.15) is 0 Å². The van der Waals surface area contributed by atoms with E-state index >= 15 is 0 Å². The van der Waals surface area contributed by atoms with Gasteiger partial charge >= 0.3 is 5.63 Å². The van der Waals surface area contributed by atoms with Gasteiger partial charge < -0.3 is 4.42 Å². The Labute approximate surface area is 81.8 Å². The normalized spacial score (nSPS) is 10.0. The Balaban J connectivity index is 2.24. The highest BCUT2D eigenvalue weighted by molar-refractivity contribution is 5.19. The van der Waals surface area contributed by atoms with Crippen LogP contribution < -0.4 is 5.63 Å². The van der Waals surface area contributed by atoms with Crippen LogP contribution >= 0.6 is 0 Å². The second-order valence-electron chi connectivity index (χ2n) is 3.08. The summed E-state index contributed by atoms with van der Waals surface area (Å²) >= 11 is 0. The molecule has 1 aromatic heterocycles. The van der Waals surface area contributed by atoms with Gasteiger partial charge in [-0.05, 0) is 11.6 Å². The molecule has 2 rings (SSSR count). The maximum Gasteiger partial charge on any atom is 0.335 e. The van der Waals surface area contributed by atoms with E-state index in [1.54, 1.807) is 6.07 Å². The van der Waals surface area contributed by atoms with E-state index in [1.807, 2.05) is 36.4 Å². The summed E-state index contributed by atoms with van der Waals surface area (Å²) in [5.74, 6) is 0.698. The maximum atomic E-state index is 10.9. The zero-order valence-corrected chi connectivity index (χ0v) is 7.64. The lowest BCUT2D eigenvalue weighted by atomic mass is 10.1. The van der Waals surface area contributed by atoms with Crippen molar-refractivity contribution in [2.24, 2.45) is 0 Å². The lowest BCUT2D eigenvalue weighted by Crippen LogP contribution is -1.98. The number of rotatable bonds is 2. The molecule has 0 spiro atoms. The quantitative estimate of drug-likeness (QED) is 0.719. The van der Waals surface area contributed by atoms with E-state index in [2.05, 4.69) is 0 Å². The van der Waals surface area contributed by atoms with Gasteiger partial charge in [0.05, 0.1) is 0 Å². The smallest absolute Gasteiger partial charge is 0.335 e.